The SMILES string of the molecule is CNC(=S)NCCSCc1cnc(C)nc1Cl. The van der Waals surface area contributed by atoms with Crippen molar-refractivity contribution in [1.82, 2.24) is 20.6 Å². The second-order valence-corrected chi connectivity index (χ2v) is 5.16. The van der Waals surface area contributed by atoms with Crippen molar-refractivity contribution in [3.63, 3.8) is 0 Å². The molecule has 0 fully saturated rings. The highest BCUT2D eigenvalue weighted by atomic mass is 35.5. The quantitative estimate of drug-likeness (QED) is 0.490. The van der Waals surface area contributed by atoms with Gasteiger partial charge in [0.25, 0.3) is 0 Å². The number of thiocarbonyl (C=S) groups is 1. The first-order valence-corrected chi connectivity index (χ1v) is 7.09. The first-order valence-electron chi connectivity index (χ1n) is 5.15. The molecule has 1 aromatic heterocycles. The van der Waals surface area contributed by atoms with Crippen molar-refractivity contribution in [3.05, 3.63) is 22.7 Å². The summed E-state index contributed by atoms with van der Waals surface area (Å²) < 4.78 is 0. The zero-order valence-electron chi connectivity index (χ0n) is 9.79. The van der Waals surface area contributed by atoms with Gasteiger partial charge in [-0.15, -0.1) is 0 Å². The minimum absolute atomic E-state index is 0.545. The minimum atomic E-state index is 0.545. The Kier molecular flexibility index (Phi) is 6.54. The fraction of sp³-hybridized carbons (Fsp3) is 0.500. The van der Waals surface area contributed by atoms with Gasteiger partial charge in [-0.1, -0.05) is 11.6 Å². The fourth-order valence-corrected chi connectivity index (χ4v) is 2.31. The summed E-state index contributed by atoms with van der Waals surface area (Å²) in [7, 11) is 1.80. The Morgan fingerprint density at radius 3 is 3.00 bits per heavy atom. The maximum Gasteiger partial charge on any atom is 0.166 e. The van der Waals surface area contributed by atoms with Gasteiger partial charge in [-0.25, -0.2) is 9.97 Å². The summed E-state index contributed by atoms with van der Waals surface area (Å²) in [5, 5.41) is 7.15. The van der Waals surface area contributed by atoms with Gasteiger partial charge < -0.3 is 10.6 Å². The van der Waals surface area contributed by atoms with E-state index in [1.807, 2.05) is 6.92 Å². The molecule has 0 amide bonds. The normalized spacial score (nSPS) is 10.1. The number of hydrogen-bond acceptors (Lipinski definition) is 4. The molecule has 0 aliphatic rings. The highest BCUT2D eigenvalue weighted by molar-refractivity contribution is 7.98. The first-order chi connectivity index (χ1) is 8.13. The van der Waals surface area contributed by atoms with Crippen molar-refractivity contribution in [2.24, 2.45) is 0 Å². The predicted octanol–water partition coefficient (Wildman–Crippen LogP) is 1.77. The largest absolute Gasteiger partial charge is 0.366 e. The molecular formula is C10H15ClN4S2. The number of nitrogens with one attached hydrogen (secondary N) is 2. The lowest BCUT2D eigenvalue weighted by Gasteiger charge is -2.07. The molecular weight excluding hydrogens is 276 g/mol. The van der Waals surface area contributed by atoms with Crippen molar-refractivity contribution in [1.29, 1.82) is 0 Å². The minimum Gasteiger partial charge on any atom is -0.366 e. The molecule has 0 aliphatic carbocycles. The Bertz CT molecular complexity index is 387. The van der Waals surface area contributed by atoms with Crippen LogP contribution in [0.3, 0.4) is 0 Å². The Hall–Kier alpha value is -0.590. The van der Waals surface area contributed by atoms with Gasteiger partial charge in [0.15, 0.2) is 5.11 Å². The van der Waals surface area contributed by atoms with Crippen molar-refractivity contribution >= 4 is 40.7 Å². The second-order valence-electron chi connectivity index (χ2n) is 3.29. The van der Waals surface area contributed by atoms with Gasteiger partial charge in [-0.2, -0.15) is 11.8 Å². The molecule has 94 valence electrons. The van der Waals surface area contributed by atoms with Crippen LogP contribution in [0.25, 0.3) is 0 Å². The maximum absolute atomic E-state index is 6.00. The molecule has 1 rings (SSSR count). The van der Waals surface area contributed by atoms with E-state index in [-0.39, 0.29) is 0 Å². The van der Waals surface area contributed by atoms with E-state index in [4.69, 9.17) is 23.8 Å². The number of nitrogens with zero attached hydrogens (tertiary/aromatic N) is 2. The van der Waals surface area contributed by atoms with Crippen LogP contribution in [0.4, 0.5) is 0 Å². The van der Waals surface area contributed by atoms with Crippen LogP contribution in [0.2, 0.25) is 5.15 Å². The summed E-state index contributed by atoms with van der Waals surface area (Å²) in [4.78, 5) is 8.23. The molecule has 0 spiro atoms. The molecule has 1 heterocycles. The summed E-state index contributed by atoms with van der Waals surface area (Å²) in [6.45, 7) is 2.65. The zero-order chi connectivity index (χ0) is 12.7. The summed E-state index contributed by atoms with van der Waals surface area (Å²) in [6.07, 6.45) is 1.78. The third kappa shape index (κ3) is 5.52. The van der Waals surface area contributed by atoms with E-state index in [1.54, 1.807) is 25.0 Å². The average molecular weight is 291 g/mol. The zero-order valence-corrected chi connectivity index (χ0v) is 12.2. The van der Waals surface area contributed by atoms with Crippen LogP contribution in [-0.2, 0) is 5.75 Å². The highest BCUT2D eigenvalue weighted by Crippen LogP contribution is 2.18. The molecule has 0 atom stereocenters. The van der Waals surface area contributed by atoms with E-state index in [1.165, 1.54) is 0 Å². The molecule has 1 aromatic rings. The van der Waals surface area contributed by atoms with Crippen LogP contribution in [0.1, 0.15) is 11.4 Å². The summed E-state index contributed by atoms with van der Waals surface area (Å²) in [6, 6.07) is 0. The van der Waals surface area contributed by atoms with Crippen LogP contribution in [0, 0.1) is 6.92 Å². The molecule has 2 N–H and O–H groups in total. The molecule has 0 radical (unpaired) electrons. The van der Waals surface area contributed by atoms with E-state index >= 15 is 0 Å². The monoisotopic (exact) mass is 290 g/mol. The van der Waals surface area contributed by atoms with E-state index in [9.17, 15) is 0 Å². The van der Waals surface area contributed by atoms with Crippen molar-refractivity contribution in [3.8, 4) is 0 Å². The second kappa shape index (κ2) is 7.68. The van der Waals surface area contributed by atoms with Crippen molar-refractivity contribution < 1.29 is 0 Å². The Morgan fingerprint density at radius 2 is 2.35 bits per heavy atom. The van der Waals surface area contributed by atoms with Crippen LogP contribution < -0.4 is 10.6 Å². The van der Waals surface area contributed by atoms with E-state index < -0.39 is 0 Å². The van der Waals surface area contributed by atoms with Crippen LogP contribution in [0.15, 0.2) is 6.20 Å². The Balaban J connectivity index is 2.24. The smallest absolute Gasteiger partial charge is 0.166 e. The van der Waals surface area contributed by atoms with E-state index in [0.717, 1.165) is 23.6 Å². The Morgan fingerprint density at radius 1 is 1.59 bits per heavy atom. The highest BCUT2D eigenvalue weighted by Gasteiger charge is 2.02. The summed E-state index contributed by atoms with van der Waals surface area (Å²) in [5.41, 5.74) is 0.971. The van der Waals surface area contributed by atoms with Gasteiger partial charge in [-0.05, 0) is 19.1 Å². The molecule has 4 nitrogen and oxygen atoms in total. The topological polar surface area (TPSA) is 49.8 Å². The number of thioether (sulfide) groups is 1. The summed E-state index contributed by atoms with van der Waals surface area (Å²) in [5.74, 6) is 2.46. The first kappa shape index (κ1) is 14.5. The molecule has 7 heteroatoms. The van der Waals surface area contributed by atoms with Crippen molar-refractivity contribution in [2.45, 2.75) is 12.7 Å². The molecule has 0 unspecified atom stereocenters. The van der Waals surface area contributed by atoms with Gasteiger partial charge >= 0.3 is 0 Å². The van der Waals surface area contributed by atoms with Crippen LogP contribution in [0.5, 0.6) is 0 Å². The number of rotatable bonds is 5. The molecule has 0 saturated carbocycles. The van der Waals surface area contributed by atoms with Gasteiger partial charge in [0.1, 0.15) is 11.0 Å². The number of aromatic nitrogens is 2. The van der Waals surface area contributed by atoms with Gasteiger partial charge in [0, 0.05) is 36.9 Å². The maximum atomic E-state index is 6.00. The number of hydrogen-bond donors (Lipinski definition) is 2. The molecule has 0 aliphatic heterocycles. The fourth-order valence-electron chi connectivity index (χ4n) is 1.07. The standard InChI is InChI=1S/C10H15ClN4S2/c1-7-14-5-8(9(11)15-7)6-17-4-3-13-10(16)12-2/h5H,3-4,6H2,1-2H3,(H2,12,13,16). The lowest BCUT2D eigenvalue weighted by atomic mass is 10.4. The van der Waals surface area contributed by atoms with Gasteiger partial charge in [0.05, 0.1) is 0 Å². The van der Waals surface area contributed by atoms with E-state index in [2.05, 4.69) is 20.6 Å². The number of halogens is 1. The lowest BCUT2D eigenvalue weighted by Crippen LogP contribution is -2.33. The van der Waals surface area contributed by atoms with Crippen LogP contribution >= 0.6 is 35.6 Å². The van der Waals surface area contributed by atoms with Gasteiger partial charge in [-0.3, -0.25) is 0 Å². The third-order valence-corrected chi connectivity index (χ3v) is 3.63. The predicted molar refractivity (Wildman–Crippen MR) is 77.6 cm³/mol. The molecule has 0 saturated heterocycles. The van der Waals surface area contributed by atoms with Gasteiger partial charge in [0.2, 0.25) is 0 Å². The van der Waals surface area contributed by atoms with Crippen LogP contribution in [-0.4, -0.2) is 34.4 Å². The van der Waals surface area contributed by atoms with Crippen molar-refractivity contribution in [2.75, 3.05) is 19.3 Å². The lowest BCUT2D eigenvalue weighted by molar-refractivity contribution is 0.942. The molecule has 0 bridgehead atoms. The average Bonchev–Trinajstić information content (AvgIpc) is 2.30. The van der Waals surface area contributed by atoms with E-state index in [0.29, 0.717) is 16.1 Å². The molecule has 0 aromatic carbocycles. The number of aryl methyl sites for hydroxylation is 1. The third-order valence-electron chi connectivity index (χ3n) is 1.95. The summed E-state index contributed by atoms with van der Waals surface area (Å²) >= 11 is 12.7. The molecule has 17 heavy (non-hydrogen) atoms. The Labute approximate surface area is 116 Å².